The molecule has 0 spiro atoms. The number of aryl methyl sites for hydroxylation is 2. The van der Waals surface area contributed by atoms with Crippen LogP contribution in [0.3, 0.4) is 0 Å². The predicted octanol–water partition coefficient (Wildman–Crippen LogP) is 7.27. The van der Waals surface area contributed by atoms with Gasteiger partial charge in [0.05, 0.1) is 24.0 Å². The average Bonchev–Trinajstić information content (AvgIpc) is 3.24. The van der Waals surface area contributed by atoms with E-state index in [1.54, 1.807) is 0 Å². The first kappa shape index (κ1) is 27.7. The van der Waals surface area contributed by atoms with Gasteiger partial charge in [0.15, 0.2) is 0 Å². The average molecular weight is 532 g/mol. The number of unbranched alkanes of at least 4 members (excludes halogenated alkanes) is 2. The highest BCUT2D eigenvalue weighted by Crippen LogP contribution is 2.28. The van der Waals surface area contributed by atoms with Crippen LogP contribution < -0.4 is 10.1 Å². The highest BCUT2D eigenvalue weighted by Gasteiger charge is 2.12. The highest BCUT2D eigenvalue weighted by atomic mass is 35.5. The first-order chi connectivity index (χ1) is 18.4. The van der Waals surface area contributed by atoms with Crippen LogP contribution >= 0.6 is 11.6 Å². The zero-order chi connectivity index (χ0) is 26.9. The predicted molar refractivity (Wildman–Crippen MR) is 156 cm³/mol. The van der Waals surface area contributed by atoms with Crippen molar-refractivity contribution in [3.05, 3.63) is 94.3 Å². The number of nitrogens with zero attached hydrogens (tertiary/aromatic N) is 2. The Balaban J connectivity index is 1.27. The second-order valence-electron chi connectivity index (χ2n) is 10.2. The molecule has 1 heterocycles. The number of amides is 1. The number of carbonyl (C=O) groups is 1. The van der Waals surface area contributed by atoms with E-state index in [0.29, 0.717) is 30.5 Å². The van der Waals surface area contributed by atoms with Gasteiger partial charge in [0, 0.05) is 18.0 Å². The number of imidazole rings is 1. The molecule has 200 valence electrons. The second-order valence-corrected chi connectivity index (χ2v) is 10.6. The Morgan fingerprint density at radius 1 is 1.03 bits per heavy atom. The molecule has 38 heavy (non-hydrogen) atoms. The number of para-hydroxylation sites is 2. The lowest BCUT2D eigenvalue weighted by Gasteiger charge is -2.16. The molecule has 5 nitrogen and oxygen atoms in total. The lowest BCUT2D eigenvalue weighted by atomic mass is 10.0. The van der Waals surface area contributed by atoms with Gasteiger partial charge in [0.1, 0.15) is 18.2 Å². The number of carbonyl (C=O) groups excluding carboxylic acids is 1. The summed E-state index contributed by atoms with van der Waals surface area (Å²) >= 11 is 5.92. The number of benzene rings is 3. The molecule has 0 saturated carbocycles. The first-order valence-electron chi connectivity index (χ1n) is 13.6. The largest absolute Gasteiger partial charge is 0.491 e. The Bertz CT molecular complexity index is 1340. The molecule has 0 aliphatic carbocycles. The van der Waals surface area contributed by atoms with Gasteiger partial charge in [-0.15, -0.1) is 0 Å². The van der Waals surface area contributed by atoms with Crippen LogP contribution in [0.1, 0.15) is 61.5 Å². The number of rotatable bonds is 13. The summed E-state index contributed by atoms with van der Waals surface area (Å²) in [6.07, 6.45) is 4.27. The van der Waals surface area contributed by atoms with Crippen molar-refractivity contribution in [1.29, 1.82) is 0 Å². The van der Waals surface area contributed by atoms with Crippen molar-refractivity contribution in [3.63, 3.8) is 0 Å². The van der Waals surface area contributed by atoms with Crippen LogP contribution in [0.5, 0.6) is 5.75 Å². The standard InChI is InChI=1S/C32H38ClN3O2/c1-23(2)27-17-12-24(3)21-30(27)38-20-19-36-29-10-7-6-9-28(29)35-31(36)11-5-4-8-18-34-32(37)22-25-13-15-26(33)16-14-25/h6-7,9-10,12-17,21,23H,4-5,8,11,18-20,22H2,1-3H3,(H,34,37). The lowest BCUT2D eigenvalue weighted by molar-refractivity contribution is -0.120. The van der Waals surface area contributed by atoms with E-state index in [1.807, 2.05) is 30.3 Å². The maximum absolute atomic E-state index is 12.2. The fraction of sp³-hybridized carbons (Fsp3) is 0.375. The minimum atomic E-state index is 0.0448. The molecule has 4 aromatic rings. The van der Waals surface area contributed by atoms with E-state index in [2.05, 4.69) is 67.1 Å². The van der Waals surface area contributed by atoms with E-state index in [4.69, 9.17) is 21.3 Å². The molecule has 1 aromatic heterocycles. The number of hydrogen-bond acceptors (Lipinski definition) is 3. The molecule has 0 aliphatic rings. The molecule has 0 fully saturated rings. The summed E-state index contributed by atoms with van der Waals surface area (Å²) in [6, 6.07) is 22.2. The van der Waals surface area contributed by atoms with Gasteiger partial charge >= 0.3 is 0 Å². The molecule has 0 unspecified atom stereocenters. The van der Waals surface area contributed by atoms with Crippen molar-refractivity contribution >= 4 is 28.5 Å². The van der Waals surface area contributed by atoms with Gasteiger partial charge in [-0.3, -0.25) is 4.79 Å². The maximum atomic E-state index is 12.2. The van der Waals surface area contributed by atoms with E-state index in [0.717, 1.165) is 60.4 Å². The summed E-state index contributed by atoms with van der Waals surface area (Å²) in [6.45, 7) is 8.53. The molecule has 3 aromatic carbocycles. The molecular weight excluding hydrogens is 494 g/mol. The summed E-state index contributed by atoms with van der Waals surface area (Å²) in [5.41, 5.74) is 5.59. The number of hydrogen-bond donors (Lipinski definition) is 1. The SMILES string of the molecule is Cc1ccc(C(C)C)c(OCCn2c(CCCCCNC(=O)Cc3ccc(Cl)cc3)nc3ccccc32)c1. The zero-order valence-corrected chi connectivity index (χ0v) is 23.4. The van der Waals surface area contributed by atoms with E-state index in [9.17, 15) is 4.79 Å². The van der Waals surface area contributed by atoms with Crippen LogP contribution in [-0.2, 0) is 24.2 Å². The van der Waals surface area contributed by atoms with Gasteiger partial charge in [0.2, 0.25) is 5.91 Å². The van der Waals surface area contributed by atoms with Crippen LogP contribution in [0.2, 0.25) is 5.02 Å². The molecule has 6 heteroatoms. The van der Waals surface area contributed by atoms with E-state index >= 15 is 0 Å². The number of aromatic nitrogens is 2. The van der Waals surface area contributed by atoms with Crippen molar-refractivity contribution in [2.45, 2.75) is 65.3 Å². The van der Waals surface area contributed by atoms with Crippen molar-refractivity contribution in [1.82, 2.24) is 14.9 Å². The normalized spacial score (nSPS) is 11.3. The van der Waals surface area contributed by atoms with E-state index < -0.39 is 0 Å². The van der Waals surface area contributed by atoms with Gasteiger partial charge in [-0.1, -0.05) is 68.3 Å². The molecule has 0 bridgehead atoms. The van der Waals surface area contributed by atoms with E-state index in [1.165, 1.54) is 11.1 Å². The van der Waals surface area contributed by atoms with Crippen LogP contribution in [0.4, 0.5) is 0 Å². The quantitative estimate of drug-likeness (QED) is 0.184. The van der Waals surface area contributed by atoms with Crippen LogP contribution in [0.15, 0.2) is 66.7 Å². The minimum absolute atomic E-state index is 0.0448. The van der Waals surface area contributed by atoms with Gasteiger partial charge in [-0.2, -0.15) is 0 Å². The van der Waals surface area contributed by atoms with Gasteiger partial charge in [-0.05, 0) is 72.7 Å². The first-order valence-corrected chi connectivity index (χ1v) is 14.0. The van der Waals surface area contributed by atoms with Crippen LogP contribution in [0, 0.1) is 6.92 Å². The molecule has 0 aliphatic heterocycles. The third kappa shape index (κ3) is 7.61. The summed E-state index contributed by atoms with van der Waals surface area (Å²) in [5.74, 6) is 2.53. The Morgan fingerprint density at radius 2 is 1.82 bits per heavy atom. The fourth-order valence-electron chi connectivity index (χ4n) is 4.72. The van der Waals surface area contributed by atoms with Crippen molar-refractivity contribution in [3.8, 4) is 5.75 Å². The van der Waals surface area contributed by atoms with Gasteiger partial charge < -0.3 is 14.6 Å². The van der Waals surface area contributed by atoms with Gasteiger partial charge in [0.25, 0.3) is 0 Å². The number of halogens is 1. The summed E-state index contributed by atoms with van der Waals surface area (Å²) in [7, 11) is 0. The Kier molecular flexibility index (Phi) is 9.83. The van der Waals surface area contributed by atoms with Gasteiger partial charge in [-0.25, -0.2) is 4.98 Å². The topological polar surface area (TPSA) is 56.1 Å². The summed E-state index contributed by atoms with van der Waals surface area (Å²) in [5, 5.41) is 3.71. The smallest absolute Gasteiger partial charge is 0.224 e. The number of nitrogens with one attached hydrogen (secondary N) is 1. The zero-order valence-electron chi connectivity index (χ0n) is 22.7. The number of fused-ring (bicyclic) bond motifs is 1. The monoisotopic (exact) mass is 531 g/mol. The molecule has 0 saturated heterocycles. The Morgan fingerprint density at radius 3 is 2.61 bits per heavy atom. The molecule has 0 atom stereocenters. The molecule has 1 amide bonds. The highest BCUT2D eigenvalue weighted by molar-refractivity contribution is 6.30. The summed E-state index contributed by atoms with van der Waals surface area (Å²) in [4.78, 5) is 17.1. The molecule has 4 rings (SSSR count). The second kappa shape index (κ2) is 13.5. The minimum Gasteiger partial charge on any atom is -0.491 e. The maximum Gasteiger partial charge on any atom is 0.224 e. The fourth-order valence-corrected chi connectivity index (χ4v) is 4.85. The van der Waals surface area contributed by atoms with E-state index in [-0.39, 0.29) is 5.91 Å². The third-order valence-electron chi connectivity index (χ3n) is 6.77. The number of ether oxygens (including phenoxy) is 1. The Labute approximate surface area is 231 Å². The molecule has 1 N–H and O–H groups in total. The lowest BCUT2D eigenvalue weighted by Crippen LogP contribution is -2.26. The van der Waals surface area contributed by atoms with Crippen molar-refractivity contribution in [2.24, 2.45) is 0 Å². The van der Waals surface area contributed by atoms with Crippen molar-refractivity contribution < 1.29 is 9.53 Å². The Hall–Kier alpha value is -3.31. The third-order valence-corrected chi connectivity index (χ3v) is 7.03. The van der Waals surface area contributed by atoms with Crippen molar-refractivity contribution in [2.75, 3.05) is 13.2 Å². The summed E-state index contributed by atoms with van der Waals surface area (Å²) < 4.78 is 8.59. The van der Waals surface area contributed by atoms with Crippen LogP contribution in [0.25, 0.3) is 11.0 Å². The molecule has 0 radical (unpaired) electrons. The van der Waals surface area contributed by atoms with Crippen LogP contribution in [-0.4, -0.2) is 28.6 Å². The molecular formula is C32H38ClN3O2.